The Morgan fingerprint density at radius 2 is 1.44 bits per heavy atom. The molecule has 1 N–H and O–H groups in total. The first-order valence-corrected chi connectivity index (χ1v) is 12.2. The molecule has 32 heavy (non-hydrogen) atoms. The van der Waals surface area contributed by atoms with Crippen LogP contribution >= 0.6 is 15.9 Å². The van der Waals surface area contributed by atoms with Gasteiger partial charge in [-0.15, -0.1) is 0 Å². The van der Waals surface area contributed by atoms with Crippen LogP contribution in [-0.4, -0.2) is 78.9 Å². The van der Waals surface area contributed by atoms with Crippen LogP contribution in [-0.2, 0) is 0 Å². The van der Waals surface area contributed by atoms with Gasteiger partial charge >= 0.3 is 0 Å². The number of aryl methyl sites for hydroxylation is 1. The smallest absolute Gasteiger partial charge is 0.255 e. The molecule has 2 aromatic carbocycles. The number of hydrogen-bond acceptors (Lipinski definition) is 4. The number of anilines is 1. The predicted octanol–water partition coefficient (Wildman–Crippen LogP) is 3.86. The number of carbonyl (C=O) groups is 2. The average Bonchev–Trinajstić information content (AvgIpc) is 3.33. The van der Waals surface area contributed by atoms with Gasteiger partial charge in [0.15, 0.2) is 0 Å². The average molecular weight is 499 g/mol. The van der Waals surface area contributed by atoms with E-state index in [-0.39, 0.29) is 11.8 Å². The van der Waals surface area contributed by atoms with Crippen LogP contribution in [0.25, 0.3) is 0 Å². The molecular weight excluding hydrogens is 468 g/mol. The molecular formula is C25H31BrN4O2. The number of nitrogens with one attached hydrogen (secondary N) is 1. The molecule has 6 nitrogen and oxygen atoms in total. The number of carbonyl (C=O) groups excluding carboxylic acids is 2. The quantitative estimate of drug-likeness (QED) is 0.656. The lowest BCUT2D eigenvalue weighted by Crippen LogP contribution is -2.50. The first kappa shape index (κ1) is 23.0. The Bertz CT molecular complexity index is 949. The summed E-state index contributed by atoms with van der Waals surface area (Å²) in [5.74, 6) is -0.153. The van der Waals surface area contributed by atoms with Crippen LogP contribution in [0, 0.1) is 6.92 Å². The molecule has 170 valence electrons. The summed E-state index contributed by atoms with van der Waals surface area (Å²) in [6.45, 7) is 9.92. The van der Waals surface area contributed by atoms with E-state index in [9.17, 15) is 9.59 Å². The third-order valence-electron chi connectivity index (χ3n) is 6.43. The van der Waals surface area contributed by atoms with Gasteiger partial charge in [0.05, 0.1) is 0 Å². The molecule has 0 unspecified atom stereocenters. The van der Waals surface area contributed by atoms with Gasteiger partial charge in [0, 0.05) is 60.6 Å². The molecule has 4 rings (SSSR count). The zero-order valence-corrected chi connectivity index (χ0v) is 20.2. The van der Waals surface area contributed by atoms with E-state index >= 15 is 0 Å². The lowest BCUT2D eigenvalue weighted by atomic mass is 10.1. The van der Waals surface area contributed by atoms with E-state index in [1.165, 1.54) is 25.9 Å². The van der Waals surface area contributed by atoms with E-state index in [2.05, 4.69) is 31.0 Å². The maximum Gasteiger partial charge on any atom is 0.255 e. The third kappa shape index (κ3) is 5.77. The Morgan fingerprint density at radius 3 is 2.09 bits per heavy atom. The van der Waals surface area contributed by atoms with Crippen molar-refractivity contribution in [2.45, 2.75) is 19.8 Å². The number of benzene rings is 2. The Labute approximate surface area is 198 Å². The highest BCUT2D eigenvalue weighted by Crippen LogP contribution is 2.20. The summed E-state index contributed by atoms with van der Waals surface area (Å²) in [5, 5.41) is 2.96. The summed E-state index contributed by atoms with van der Waals surface area (Å²) >= 11 is 3.38. The fourth-order valence-corrected chi connectivity index (χ4v) is 4.60. The van der Waals surface area contributed by atoms with E-state index in [1.54, 1.807) is 18.2 Å². The molecule has 2 amide bonds. The number of nitrogens with zero attached hydrogens (tertiary/aromatic N) is 3. The Hall–Kier alpha value is -2.22. The fraction of sp³-hybridized carbons (Fsp3) is 0.440. The van der Waals surface area contributed by atoms with Gasteiger partial charge in [-0.2, -0.15) is 0 Å². The molecule has 2 aromatic rings. The highest BCUT2D eigenvalue weighted by Gasteiger charge is 2.23. The van der Waals surface area contributed by atoms with Crippen molar-refractivity contribution in [3.8, 4) is 0 Å². The van der Waals surface area contributed by atoms with Crippen molar-refractivity contribution in [1.29, 1.82) is 0 Å². The van der Waals surface area contributed by atoms with Crippen molar-refractivity contribution in [1.82, 2.24) is 14.7 Å². The molecule has 7 heteroatoms. The summed E-state index contributed by atoms with van der Waals surface area (Å²) in [6, 6.07) is 12.8. The van der Waals surface area contributed by atoms with Gasteiger partial charge in [0.1, 0.15) is 0 Å². The molecule has 0 spiro atoms. The highest BCUT2D eigenvalue weighted by molar-refractivity contribution is 9.10. The van der Waals surface area contributed by atoms with Gasteiger partial charge in [-0.25, -0.2) is 0 Å². The van der Waals surface area contributed by atoms with Gasteiger partial charge in [-0.1, -0.05) is 22.0 Å². The first-order chi connectivity index (χ1) is 15.5. The van der Waals surface area contributed by atoms with Crippen molar-refractivity contribution >= 4 is 33.4 Å². The van der Waals surface area contributed by atoms with Crippen LogP contribution in [0.2, 0.25) is 0 Å². The zero-order chi connectivity index (χ0) is 22.5. The van der Waals surface area contributed by atoms with Gasteiger partial charge in [-0.05, 0) is 74.8 Å². The van der Waals surface area contributed by atoms with Crippen LogP contribution in [0.5, 0.6) is 0 Å². The monoisotopic (exact) mass is 498 g/mol. The number of piperazine rings is 1. The molecule has 2 saturated heterocycles. The normalized spacial score (nSPS) is 17.5. The van der Waals surface area contributed by atoms with Gasteiger partial charge in [0.2, 0.25) is 0 Å². The third-order valence-corrected chi connectivity index (χ3v) is 6.96. The summed E-state index contributed by atoms with van der Waals surface area (Å²) in [4.78, 5) is 32.7. The van der Waals surface area contributed by atoms with E-state index in [0.29, 0.717) is 16.8 Å². The van der Waals surface area contributed by atoms with Crippen LogP contribution in [0.1, 0.15) is 39.1 Å². The lowest BCUT2D eigenvalue weighted by Gasteiger charge is -2.35. The molecule has 0 aromatic heterocycles. The van der Waals surface area contributed by atoms with Crippen LogP contribution in [0.3, 0.4) is 0 Å². The first-order valence-electron chi connectivity index (χ1n) is 11.4. The van der Waals surface area contributed by atoms with Crippen molar-refractivity contribution in [3.63, 3.8) is 0 Å². The summed E-state index contributed by atoms with van der Waals surface area (Å²) < 4.78 is 0.925. The van der Waals surface area contributed by atoms with E-state index in [0.717, 1.165) is 49.3 Å². The van der Waals surface area contributed by atoms with Crippen LogP contribution in [0.15, 0.2) is 46.9 Å². The zero-order valence-electron chi connectivity index (χ0n) is 18.6. The summed E-state index contributed by atoms with van der Waals surface area (Å²) in [5.41, 5.74) is 2.80. The highest BCUT2D eigenvalue weighted by atomic mass is 79.9. The van der Waals surface area contributed by atoms with Crippen molar-refractivity contribution in [2.75, 3.05) is 57.7 Å². The largest absolute Gasteiger partial charge is 0.336 e. The molecule has 2 heterocycles. The van der Waals surface area contributed by atoms with Crippen molar-refractivity contribution in [3.05, 3.63) is 63.6 Å². The van der Waals surface area contributed by atoms with Gasteiger partial charge in [-0.3, -0.25) is 14.5 Å². The van der Waals surface area contributed by atoms with Gasteiger partial charge < -0.3 is 15.1 Å². The molecule has 0 radical (unpaired) electrons. The lowest BCUT2D eigenvalue weighted by molar-refractivity contribution is 0.0626. The number of hydrogen-bond donors (Lipinski definition) is 1. The maximum atomic E-state index is 13.1. The Kier molecular flexibility index (Phi) is 7.60. The second-order valence-corrected chi connectivity index (χ2v) is 9.59. The van der Waals surface area contributed by atoms with Gasteiger partial charge in [0.25, 0.3) is 11.8 Å². The minimum atomic E-state index is -0.184. The molecule has 0 saturated carbocycles. The molecule has 2 aliphatic heterocycles. The van der Waals surface area contributed by atoms with E-state index in [1.807, 2.05) is 36.1 Å². The Balaban J connectivity index is 1.33. The van der Waals surface area contributed by atoms with E-state index in [4.69, 9.17) is 0 Å². The second-order valence-electron chi connectivity index (χ2n) is 8.67. The molecule has 0 aliphatic carbocycles. The molecule has 0 atom stereocenters. The maximum absolute atomic E-state index is 13.1. The molecule has 0 bridgehead atoms. The number of halogens is 1. The van der Waals surface area contributed by atoms with Crippen molar-refractivity contribution < 1.29 is 9.59 Å². The predicted molar refractivity (Wildman–Crippen MR) is 131 cm³/mol. The van der Waals surface area contributed by atoms with Crippen molar-refractivity contribution in [2.24, 2.45) is 0 Å². The standard InChI is InChI=1S/C25H31BrN4O2/c1-19-4-5-21(18-23(19)27-24(31)20-6-8-22(26)9-7-20)25(32)30-16-14-29(15-17-30)13-12-28-10-2-3-11-28/h4-9,18H,2-3,10-17H2,1H3,(H,27,31). The second kappa shape index (κ2) is 10.6. The minimum absolute atomic E-state index is 0.0309. The Morgan fingerprint density at radius 1 is 0.844 bits per heavy atom. The SMILES string of the molecule is Cc1ccc(C(=O)N2CCN(CCN3CCCC3)CC2)cc1NC(=O)c1ccc(Br)cc1. The van der Waals surface area contributed by atoms with Crippen LogP contribution < -0.4 is 5.32 Å². The molecule has 2 aliphatic rings. The minimum Gasteiger partial charge on any atom is -0.336 e. The summed E-state index contributed by atoms with van der Waals surface area (Å²) in [6.07, 6.45) is 2.65. The summed E-state index contributed by atoms with van der Waals surface area (Å²) in [7, 11) is 0. The molecule has 2 fully saturated rings. The van der Waals surface area contributed by atoms with Crippen LogP contribution in [0.4, 0.5) is 5.69 Å². The topological polar surface area (TPSA) is 55.9 Å². The number of rotatable bonds is 6. The number of likely N-dealkylation sites (tertiary alicyclic amines) is 1. The fourth-order valence-electron chi connectivity index (χ4n) is 4.33. The number of amides is 2. The van der Waals surface area contributed by atoms with E-state index < -0.39 is 0 Å².